The molecule has 8 heteroatoms. The highest BCUT2D eigenvalue weighted by atomic mass is 16.5. The molecule has 0 radical (unpaired) electrons. The number of anilines is 1. The zero-order chi connectivity index (χ0) is 22.5. The first-order valence-corrected chi connectivity index (χ1v) is 11.5. The molecule has 0 aliphatic carbocycles. The van der Waals surface area contributed by atoms with E-state index >= 15 is 0 Å². The van der Waals surface area contributed by atoms with Gasteiger partial charge in [-0.25, -0.2) is 9.97 Å². The Hall–Kier alpha value is -2.58. The Balaban J connectivity index is 1.43. The van der Waals surface area contributed by atoms with Crippen molar-refractivity contribution in [3.8, 4) is 17.2 Å². The van der Waals surface area contributed by atoms with Gasteiger partial charge in [0, 0.05) is 75.6 Å². The summed E-state index contributed by atoms with van der Waals surface area (Å²) in [5.74, 6) is 3.08. The number of benzene rings is 1. The van der Waals surface area contributed by atoms with Gasteiger partial charge in [0.2, 0.25) is 5.95 Å². The van der Waals surface area contributed by atoms with E-state index in [-0.39, 0.29) is 0 Å². The van der Waals surface area contributed by atoms with Gasteiger partial charge < -0.3 is 19.1 Å². The summed E-state index contributed by atoms with van der Waals surface area (Å²) in [4.78, 5) is 16.9. The maximum absolute atomic E-state index is 5.61. The molecule has 0 N–H and O–H groups in total. The summed E-state index contributed by atoms with van der Waals surface area (Å²) >= 11 is 0. The number of fused-ring (bicyclic) bond motifs is 1. The smallest absolute Gasteiger partial charge is 0.225 e. The first-order valence-electron chi connectivity index (χ1n) is 11.5. The number of nitrogens with zero attached hydrogens (tertiary/aromatic N) is 5. The summed E-state index contributed by atoms with van der Waals surface area (Å²) in [5.41, 5.74) is 3.47. The van der Waals surface area contributed by atoms with Crippen molar-refractivity contribution in [1.82, 2.24) is 19.8 Å². The van der Waals surface area contributed by atoms with Crippen LogP contribution in [0.5, 0.6) is 17.2 Å². The molecule has 1 fully saturated rings. The first-order chi connectivity index (χ1) is 15.6. The maximum atomic E-state index is 5.61. The van der Waals surface area contributed by atoms with Gasteiger partial charge in [-0.15, -0.1) is 0 Å². The van der Waals surface area contributed by atoms with E-state index in [1.54, 1.807) is 21.3 Å². The molecule has 174 valence electrons. The zero-order valence-electron chi connectivity index (χ0n) is 19.8. The predicted molar refractivity (Wildman–Crippen MR) is 125 cm³/mol. The van der Waals surface area contributed by atoms with E-state index in [0.717, 1.165) is 69.5 Å². The van der Waals surface area contributed by atoms with Gasteiger partial charge in [0.1, 0.15) is 5.75 Å². The normalized spacial score (nSPS) is 17.2. The van der Waals surface area contributed by atoms with Crippen LogP contribution in [0.2, 0.25) is 0 Å². The first kappa shape index (κ1) is 22.6. The third-order valence-electron chi connectivity index (χ3n) is 6.38. The second-order valence-corrected chi connectivity index (χ2v) is 8.45. The average Bonchev–Trinajstić information content (AvgIpc) is 2.84. The van der Waals surface area contributed by atoms with E-state index in [1.165, 1.54) is 24.2 Å². The van der Waals surface area contributed by atoms with E-state index < -0.39 is 0 Å². The highest BCUT2D eigenvalue weighted by Crippen LogP contribution is 2.35. The van der Waals surface area contributed by atoms with Gasteiger partial charge in [-0.05, 0) is 19.0 Å². The Bertz CT molecular complexity index is 915. The van der Waals surface area contributed by atoms with Crippen molar-refractivity contribution in [3.63, 3.8) is 0 Å². The second-order valence-electron chi connectivity index (χ2n) is 8.45. The third-order valence-corrected chi connectivity index (χ3v) is 6.38. The molecule has 0 saturated carbocycles. The van der Waals surface area contributed by atoms with Crippen LogP contribution in [0.3, 0.4) is 0 Å². The van der Waals surface area contributed by atoms with Crippen LogP contribution in [0, 0.1) is 0 Å². The Morgan fingerprint density at radius 3 is 2.28 bits per heavy atom. The fraction of sp³-hybridized carbons (Fsp3) is 0.583. The van der Waals surface area contributed by atoms with Crippen LogP contribution in [-0.4, -0.2) is 80.4 Å². The Labute approximate surface area is 191 Å². The molecule has 2 aliphatic heterocycles. The van der Waals surface area contributed by atoms with Crippen molar-refractivity contribution in [3.05, 3.63) is 35.2 Å². The molecule has 4 rings (SSSR count). The molecule has 1 aromatic heterocycles. The van der Waals surface area contributed by atoms with Crippen molar-refractivity contribution in [2.75, 3.05) is 65.5 Å². The fourth-order valence-corrected chi connectivity index (χ4v) is 4.60. The molecule has 8 nitrogen and oxygen atoms in total. The minimum Gasteiger partial charge on any atom is -0.496 e. The number of rotatable bonds is 8. The lowest BCUT2D eigenvalue weighted by Crippen LogP contribution is -2.47. The minimum absolute atomic E-state index is 0.675. The van der Waals surface area contributed by atoms with Crippen LogP contribution in [0.15, 0.2) is 18.3 Å². The molecule has 1 saturated heterocycles. The van der Waals surface area contributed by atoms with Crippen LogP contribution < -0.4 is 19.1 Å². The van der Waals surface area contributed by atoms with Gasteiger partial charge >= 0.3 is 0 Å². The molecule has 0 amide bonds. The second kappa shape index (κ2) is 10.4. The van der Waals surface area contributed by atoms with Gasteiger partial charge in [-0.1, -0.05) is 6.92 Å². The summed E-state index contributed by atoms with van der Waals surface area (Å²) in [6.07, 6.45) is 4.16. The third kappa shape index (κ3) is 4.91. The molecule has 0 spiro atoms. The van der Waals surface area contributed by atoms with E-state index in [9.17, 15) is 0 Å². The quantitative estimate of drug-likeness (QED) is 0.620. The standard InChI is InChI=1S/C24H35N5O3/c1-5-7-27-9-11-29(12-10-27)24-25-15-19-17-28(8-6-20(19)26-24)16-18-13-22(31-3)23(32-4)14-21(18)30-2/h13-15H,5-12,16-17H2,1-4H3. The van der Waals surface area contributed by atoms with E-state index in [2.05, 4.69) is 21.6 Å². The number of hydrogen-bond acceptors (Lipinski definition) is 8. The SMILES string of the molecule is CCCN1CCN(c2ncc3c(n2)CCN(Cc2cc(OC)c(OC)cc2OC)C3)CC1. The average molecular weight is 442 g/mol. The number of piperazine rings is 1. The van der Waals surface area contributed by atoms with Crippen molar-refractivity contribution in [1.29, 1.82) is 0 Å². The molecular weight excluding hydrogens is 406 g/mol. The molecule has 3 heterocycles. The minimum atomic E-state index is 0.675. The molecule has 2 aliphatic rings. The molecule has 2 aromatic rings. The highest BCUT2D eigenvalue weighted by Gasteiger charge is 2.23. The summed E-state index contributed by atoms with van der Waals surface area (Å²) in [7, 11) is 4.98. The van der Waals surface area contributed by atoms with Crippen molar-refractivity contribution >= 4 is 5.95 Å². The molecule has 0 atom stereocenters. The number of hydrogen-bond donors (Lipinski definition) is 0. The Morgan fingerprint density at radius 2 is 1.59 bits per heavy atom. The van der Waals surface area contributed by atoms with Crippen LogP contribution >= 0.6 is 0 Å². The van der Waals surface area contributed by atoms with Crippen LogP contribution in [0.1, 0.15) is 30.2 Å². The molecule has 32 heavy (non-hydrogen) atoms. The fourth-order valence-electron chi connectivity index (χ4n) is 4.60. The summed E-state index contributed by atoms with van der Waals surface area (Å²) in [6, 6.07) is 3.90. The van der Waals surface area contributed by atoms with Gasteiger partial charge in [0.25, 0.3) is 0 Å². The molecular formula is C24H35N5O3. The lowest BCUT2D eigenvalue weighted by atomic mass is 10.1. The van der Waals surface area contributed by atoms with Crippen LogP contribution in [-0.2, 0) is 19.5 Å². The lowest BCUT2D eigenvalue weighted by Gasteiger charge is -2.35. The van der Waals surface area contributed by atoms with Crippen molar-refractivity contribution in [2.45, 2.75) is 32.9 Å². The van der Waals surface area contributed by atoms with E-state index in [0.29, 0.717) is 11.5 Å². The van der Waals surface area contributed by atoms with E-state index in [4.69, 9.17) is 24.2 Å². The molecule has 0 unspecified atom stereocenters. The van der Waals surface area contributed by atoms with Crippen molar-refractivity contribution < 1.29 is 14.2 Å². The molecule has 0 bridgehead atoms. The van der Waals surface area contributed by atoms with Crippen LogP contribution in [0.25, 0.3) is 0 Å². The number of aromatic nitrogens is 2. The van der Waals surface area contributed by atoms with Gasteiger partial charge in [0.05, 0.1) is 27.0 Å². The van der Waals surface area contributed by atoms with Gasteiger partial charge in [0.15, 0.2) is 11.5 Å². The Kier molecular flexibility index (Phi) is 7.32. The van der Waals surface area contributed by atoms with Crippen molar-refractivity contribution in [2.24, 2.45) is 0 Å². The van der Waals surface area contributed by atoms with Crippen LogP contribution in [0.4, 0.5) is 5.95 Å². The van der Waals surface area contributed by atoms with E-state index in [1.807, 2.05) is 18.3 Å². The van der Waals surface area contributed by atoms with Gasteiger partial charge in [-0.2, -0.15) is 0 Å². The summed E-state index contributed by atoms with van der Waals surface area (Å²) in [5, 5.41) is 0. The topological polar surface area (TPSA) is 63.2 Å². The number of methoxy groups -OCH3 is 3. The summed E-state index contributed by atoms with van der Waals surface area (Å²) < 4.78 is 16.5. The lowest BCUT2D eigenvalue weighted by molar-refractivity contribution is 0.237. The predicted octanol–water partition coefficient (Wildman–Crippen LogP) is 2.59. The maximum Gasteiger partial charge on any atom is 0.225 e. The summed E-state index contributed by atoms with van der Waals surface area (Å²) in [6.45, 7) is 10.2. The largest absolute Gasteiger partial charge is 0.496 e. The van der Waals surface area contributed by atoms with Gasteiger partial charge in [-0.3, -0.25) is 9.80 Å². The molecule has 1 aromatic carbocycles. The zero-order valence-corrected chi connectivity index (χ0v) is 19.8. The highest BCUT2D eigenvalue weighted by molar-refractivity contribution is 5.50. The monoisotopic (exact) mass is 441 g/mol. The Morgan fingerprint density at radius 1 is 0.875 bits per heavy atom. The number of ether oxygens (including phenoxy) is 3.